The number of rotatable bonds is 9. The normalized spacial score (nSPS) is 12.7. The van der Waals surface area contributed by atoms with Crippen LogP contribution in [0, 0.1) is 0 Å². The fraction of sp³-hybridized carbons (Fsp3) is 0.471. The van der Waals surface area contributed by atoms with Crippen LogP contribution in [0.4, 0.5) is 0 Å². The summed E-state index contributed by atoms with van der Waals surface area (Å²) in [5.41, 5.74) is 1.26. The number of hydrogen-bond acceptors (Lipinski definition) is 4. The predicted molar refractivity (Wildman–Crippen MR) is 85.5 cm³/mol. The van der Waals surface area contributed by atoms with Crippen molar-refractivity contribution in [1.29, 1.82) is 0 Å². The molecule has 0 spiro atoms. The lowest BCUT2D eigenvalue weighted by atomic mass is 10.0. The lowest BCUT2D eigenvalue weighted by molar-refractivity contribution is 0.0588. The molecule has 1 atom stereocenters. The molecule has 4 heteroatoms. The predicted octanol–water partition coefficient (Wildman–Crippen LogP) is 2.94. The van der Waals surface area contributed by atoms with Gasteiger partial charge in [-0.15, -0.1) is 0 Å². The van der Waals surface area contributed by atoms with Crippen LogP contribution in [0.2, 0.25) is 0 Å². The van der Waals surface area contributed by atoms with E-state index in [1.54, 1.807) is 7.11 Å². The Morgan fingerprint density at radius 1 is 1.24 bits per heavy atom. The van der Waals surface area contributed by atoms with Gasteiger partial charge in [-0.2, -0.15) is 0 Å². The van der Waals surface area contributed by atoms with Crippen molar-refractivity contribution in [3.63, 3.8) is 0 Å². The number of nitrogens with zero attached hydrogens (tertiary/aromatic N) is 1. The van der Waals surface area contributed by atoms with Gasteiger partial charge in [0, 0.05) is 24.9 Å². The second-order valence-corrected chi connectivity index (χ2v) is 5.02. The molecular formula is C17H24N2O2. The summed E-state index contributed by atoms with van der Waals surface area (Å²) in [6.45, 7) is 5.03. The molecule has 1 unspecified atom stereocenters. The Morgan fingerprint density at radius 2 is 2.14 bits per heavy atom. The van der Waals surface area contributed by atoms with Gasteiger partial charge in [-0.05, 0) is 30.0 Å². The molecule has 2 rings (SSSR count). The Balaban J connectivity index is 2.17. The zero-order valence-corrected chi connectivity index (χ0v) is 12.8. The van der Waals surface area contributed by atoms with Crippen LogP contribution < -0.4 is 5.32 Å². The Morgan fingerprint density at radius 3 is 2.95 bits per heavy atom. The third kappa shape index (κ3) is 4.49. The molecule has 1 heterocycles. The second-order valence-electron chi connectivity index (χ2n) is 5.02. The maximum atomic E-state index is 5.73. The number of fused-ring (bicyclic) bond motifs is 1. The summed E-state index contributed by atoms with van der Waals surface area (Å²) < 4.78 is 10.8. The quantitative estimate of drug-likeness (QED) is 0.721. The van der Waals surface area contributed by atoms with Crippen LogP contribution in [0.1, 0.15) is 24.9 Å². The highest BCUT2D eigenvalue weighted by Gasteiger charge is 2.13. The van der Waals surface area contributed by atoms with Crippen molar-refractivity contribution in [2.45, 2.75) is 19.4 Å². The van der Waals surface area contributed by atoms with Crippen LogP contribution in [0.3, 0.4) is 0 Å². The van der Waals surface area contributed by atoms with Gasteiger partial charge in [0.15, 0.2) is 0 Å². The summed E-state index contributed by atoms with van der Waals surface area (Å²) >= 11 is 0. The van der Waals surface area contributed by atoms with E-state index in [1.165, 1.54) is 10.9 Å². The van der Waals surface area contributed by atoms with Crippen LogP contribution in [-0.4, -0.2) is 38.5 Å². The molecule has 114 valence electrons. The van der Waals surface area contributed by atoms with E-state index in [0.29, 0.717) is 19.8 Å². The molecule has 0 fully saturated rings. The lowest BCUT2D eigenvalue weighted by Gasteiger charge is -2.20. The van der Waals surface area contributed by atoms with Crippen molar-refractivity contribution in [2.24, 2.45) is 0 Å². The minimum atomic E-state index is 0.188. The molecule has 0 radical (unpaired) electrons. The highest BCUT2D eigenvalue weighted by molar-refractivity contribution is 5.85. The number of pyridine rings is 1. The Kier molecular flexibility index (Phi) is 6.60. The van der Waals surface area contributed by atoms with Crippen molar-refractivity contribution in [3.05, 3.63) is 42.2 Å². The third-order valence-electron chi connectivity index (χ3n) is 3.45. The molecule has 0 aliphatic carbocycles. The monoisotopic (exact) mass is 288 g/mol. The maximum Gasteiger partial charge on any atom is 0.0701 e. The van der Waals surface area contributed by atoms with Crippen molar-refractivity contribution in [3.8, 4) is 0 Å². The largest absolute Gasteiger partial charge is 0.382 e. The van der Waals surface area contributed by atoms with Crippen molar-refractivity contribution in [1.82, 2.24) is 10.3 Å². The van der Waals surface area contributed by atoms with Crippen LogP contribution in [-0.2, 0) is 9.47 Å². The zero-order chi connectivity index (χ0) is 14.9. The van der Waals surface area contributed by atoms with Crippen molar-refractivity contribution in [2.75, 3.05) is 33.5 Å². The third-order valence-corrected chi connectivity index (χ3v) is 3.45. The maximum absolute atomic E-state index is 5.73. The molecule has 0 aliphatic rings. The van der Waals surface area contributed by atoms with Gasteiger partial charge in [-0.25, -0.2) is 0 Å². The second kappa shape index (κ2) is 8.72. The summed E-state index contributed by atoms with van der Waals surface area (Å²) in [5, 5.41) is 5.96. The smallest absolute Gasteiger partial charge is 0.0701 e. The highest BCUT2D eigenvalue weighted by Crippen LogP contribution is 2.24. The SMILES string of the molecule is CCCNC(COCCOC)c1cccc2cnccc12. The van der Waals surface area contributed by atoms with Gasteiger partial charge in [0.05, 0.1) is 25.9 Å². The van der Waals surface area contributed by atoms with E-state index in [1.807, 2.05) is 12.4 Å². The number of hydrogen-bond donors (Lipinski definition) is 1. The molecule has 1 aromatic carbocycles. The van der Waals surface area contributed by atoms with Gasteiger partial charge in [0.1, 0.15) is 0 Å². The summed E-state index contributed by atoms with van der Waals surface area (Å²) in [6.07, 6.45) is 4.84. The Labute approximate surface area is 126 Å². The van der Waals surface area contributed by atoms with Crippen molar-refractivity contribution >= 4 is 10.8 Å². The molecule has 1 aromatic heterocycles. The van der Waals surface area contributed by atoms with Gasteiger partial charge >= 0.3 is 0 Å². The summed E-state index contributed by atoms with van der Waals surface area (Å²) in [4.78, 5) is 4.19. The molecule has 4 nitrogen and oxygen atoms in total. The Hall–Kier alpha value is -1.49. The summed E-state index contributed by atoms with van der Waals surface area (Å²) in [5.74, 6) is 0. The average Bonchev–Trinajstić information content (AvgIpc) is 2.54. The minimum absolute atomic E-state index is 0.188. The topological polar surface area (TPSA) is 43.4 Å². The minimum Gasteiger partial charge on any atom is -0.382 e. The number of methoxy groups -OCH3 is 1. The van der Waals surface area contributed by atoms with Gasteiger partial charge in [0.2, 0.25) is 0 Å². The first-order chi connectivity index (χ1) is 10.4. The van der Waals surface area contributed by atoms with Crippen LogP contribution in [0.25, 0.3) is 10.8 Å². The lowest BCUT2D eigenvalue weighted by Crippen LogP contribution is -2.27. The van der Waals surface area contributed by atoms with Gasteiger partial charge in [0.25, 0.3) is 0 Å². The van der Waals surface area contributed by atoms with Crippen LogP contribution in [0.5, 0.6) is 0 Å². The highest BCUT2D eigenvalue weighted by atomic mass is 16.5. The van der Waals surface area contributed by atoms with E-state index in [-0.39, 0.29) is 6.04 Å². The van der Waals surface area contributed by atoms with E-state index in [4.69, 9.17) is 9.47 Å². The molecule has 2 aromatic rings. The molecule has 0 amide bonds. The van der Waals surface area contributed by atoms with Gasteiger partial charge in [-0.1, -0.05) is 25.1 Å². The fourth-order valence-corrected chi connectivity index (χ4v) is 2.37. The Bertz CT molecular complexity index is 540. The van der Waals surface area contributed by atoms with E-state index >= 15 is 0 Å². The number of benzene rings is 1. The summed E-state index contributed by atoms with van der Waals surface area (Å²) in [7, 11) is 1.69. The van der Waals surface area contributed by atoms with Gasteiger partial charge in [-0.3, -0.25) is 4.98 Å². The molecule has 0 bridgehead atoms. The van der Waals surface area contributed by atoms with E-state index in [9.17, 15) is 0 Å². The molecular weight excluding hydrogens is 264 g/mol. The first kappa shape index (κ1) is 15.9. The van der Waals surface area contributed by atoms with Crippen LogP contribution >= 0.6 is 0 Å². The van der Waals surface area contributed by atoms with E-state index in [0.717, 1.165) is 18.4 Å². The van der Waals surface area contributed by atoms with E-state index in [2.05, 4.69) is 41.5 Å². The molecule has 0 saturated heterocycles. The molecule has 1 N–H and O–H groups in total. The summed E-state index contributed by atoms with van der Waals surface area (Å²) in [6, 6.07) is 8.59. The molecule has 0 aliphatic heterocycles. The van der Waals surface area contributed by atoms with Crippen molar-refractivity contribution < 1.29 is 9.47 Å². The van der Waals surface area contributed by atoms with Gasteiger partial charge < -0.3 is 14.8 Å². The first-order valence-corrected chi connectivity index (χ1v) is 7.49. The fourth-order valence-electron chi connectivity index (χ4n) is 2.37. The average molecular weight is 288 g/mol. The number of ether oxygens (including phenoxy) is 2. The molecule has 0 saturated carbocycles. The van der Waals surface area contributed by atoms with E-state index < -0.39 is 0 Å². The number of aromatic nitrogens is 1. The number of nitrogens with one attached hydrogen (secondary N) is 1. The van der Waals surface area contributed by atoms with Crippen LogP contribution in [0.15, 0.2) is 36.7 Å². The zero-order valence-electron chi connectivity index (χ0n) is 12.8. The standard InChI is InChI=1S/C17H24N2O2/c1-3-8-19-17(13-21-11-10-20-2)16-6-4-5-14-12-18-9-7-15(14)16/h4-7,9,12,17,19H,3,8,10-11,13H2,1-2H3. The first-order valence-electron chi connectivity index (χ1n) is 7.49. The molecule has 21 heavy (non-hydrogen) atoms.